The SMILES string of the molecule is CC(C1=CCCCC1)N1C(=O)c2ccccc2C1=O. The van der Waals surface area contributed by atoms with Crippen LogP contribution in [0.5, 0.6) is 0 Å². The Morgan fingerprint density at radius 2 is 1.68 bits per heavy atom. The second-order valence-electron chi connectivity index (χ2n) is 5.23. The summed E-state index contributed by atoms with van der Waals surface area (Å²) in [7, 11) is 0. The van der Waals surface area contributed by atoms with Gasteiger partial charge in [0.25, 0.3) is 11.8 Å². The molecule has 19 heavy (non-hydrogen) atoms. The van der Waals surface area contributed by atoms with Crippen molar-refractivity contribution in [2.75, 3.05) is 0 Å². The molecule has 0 bridgehead atoms. The van der Waals surface area contributed by atoms with Crippen LogP contribution < -0.4 is 0 Å². The van der Waals surface area contributed by atoms with Gasteiger partial charge in [-0.3, -0.25) is 14.5 Å². The smallest absolute Gasteiger partial charge is 0.262 e. The number of amides is 2. The Balaban J connectivity index is 1.93. The van der Waals surface area contributed by atoms with Gasteiger partial charge in [0.05, 0.1) is 17.2 Å². The molecule has 1 aliphatic heterocycles. The van der Waals surface area contributed by atoms with Crippen molar-refractivity contribution in [3.63, 3.8) is 0 Å². The molecule has 3 rings (SSSR count). The van der Waals surface area contributed by atoms with Crippen LogP contribution in [0, 0.1) is 0 Å². The van der Waals surface area contributed by atoms with Gasteiger partial charge in [0.15, 0.2) is 0 Å². The van der Waals surface area contributed by atoms with Crippen LogP contribution in [0.15, 0.2) is 35.9 Å². The first-order valence-corrected chi connectivity index (χ1v) is 6.86. The monoisotopic (exact) mass is 255 g/mol. The number of nitrogens with zero attached hydrogens (tertiary/aromatic N) is 1. The van der Waals surface area contributed by atoms with E-state index >= 15 is 0 Å². The van der Waals surface area contributed by atoms with E-state index in [0.717, 1.165) is 19.3 Å². The van der Waals surface area contributed by atoms with Crippen LogP contribution in [0.2, 0.25) is 0 Å². The van der Waals surface area contributed by atoms with E-state index in [1.807, 2.05) is 6.92 Å². The Bertz CT molecular complexity index is 539. The highest BCUT2D eigenvalue weighted by molar-refractivity contribution is 6.21. The molecule has 0 spiro atoms. The summed E-state index contributed by atoms with van der Waals surface area (Å²) in [4.78, 5) is 26.2. The Morgan fingerprint density at radius 1 is 1.05 bits per heavy atom. The molecule has 3 heteroatoms. The van der Waals surface area contributed by atoms with E-state index in [1.54, 1.807) is 24.3 Å². The van der Waals surface area contributed by atoms with Gasteiger partial charge in [0.2, 0.25) is 0 Å². The number of imide groups is 1. The van der Waals surface area contributed by atoms with Crippen LogP contribution in [0.25, 0.3) is 0 Å². The standard InChI is InChI=1S/C16H17NO2/c1-11(12-7-3-2-4-8-12)17-15(18)13-9-5-6-10-14(13)16(17)19/h5-7,9-11H,2-4,8H2,1H3. The summed E-state index contributed by atoms with van der Waals surface area (Å²) >= 11 is 0. The number of rotatable bonds is 2. The summed E-state index contributed by atoms with van der Waals surface area (Å²) in [6.07, 6.45) is 6.60. The van der Waals surface area contributed by atoms with Crippen molar-refractivity contribution in [2.24, 2.45) is 0 Å². The third-order valence-corrected chi connectivity index (χ3v) is 4.08. The maximum absolute atomic E-state index is 12.4. The summed E-state index contributed by atoms with van der Waals surface area (Å²) in [5.74, 6) is -0.306. The van der Waals surface area contributed by atoms with Gasteiger partial charge in [-0.05, 0) is 44.7 Å². The lowest BCUT2D eigenvalue weighted by atomic mass is 9.94. The van der Waals surface area contributed by atoms with Crippen molar-refractivity contribution in [1.29, 1.82) is 0 Å². The maximum atomic E-state index is 12.4. The van der Waals surface area contributed by atoms with E-state index in [4.69, 9.17) is 0 Å². The van der Waals surface area contributed by atoms with Crippen LogP contribution in [-0.4, -0.2) is 22.8 Å². The Hall–Kier alpha value is -1.90. The lowest BCUT2D eigenvalue weighted by molar-refractivity contribution is 0.0615. The van der Waals surface area contributed by atoms with Gasteiger partial charge in [-0.25, -0.2) is 0 Å². The van der Waals surface area contributed by atoms with Gasteiger partial charge < -0.3 is 0 Å². The molecule has 3 nitrogen and oxygen atoms in total. The molecule has 1 aromatic carbocycles. The number of carbonyl (C=O) groups excluding carboxylic acids is 2. The molecule has 0 saturated heterocycles. The lowest BCUT2D eigenvalue weighted by Crippen LogP contribution is -2.39. The fourth-order valence-electron chi connectivity index (χ4n) is 2.97. The van der Waals surface area contributed by atoms with Crippen molar-refractivity contribution in [1.82, 2.24) is 4.90 Å². The van der Waals surface area contributed by atoms with Crippen LogP contribution >= 0.6 is 0 Å². The molecule has 0 saturated carbocycles. The summed E-state index contributed by atoms with van der Waals surface area (Å²) in [5, 5.41) is 0. The topological polar surface area (TPSA) is 37.4 Å². The molecule has 0 radical (unpaired) electrons. The van der Waals surface area contributed by atoms with Crippen LogP contribution in [0.4, 0.5) is 0 Å². The van der Waals surface area contributed by atoms with Crippen molar-refractivity contribution < 1.29 is 9.59 Å². The Labute approximate surface area is 112 Å². The van der Waals surface area contributed by atoms with Crippen molar-refractivity contribution in [2.45, 2.75) is 38.6 Å². The van der Waals surface area contributed by atoms with Gasteiger partial charge in [-0.2, -0.15) is 0 Å². The molecule has 1 aliphatic carbocycles. The van der Waals surface area contributed by atoms with E-state index in [9.17, 15) is 9.59 Å². The second kappa shape index (κ2) is 4.65. The number of allylic oxidation sites excluding steroid dienone is 1. The number of benzene rings is 1. The Morgan fingerprint density at radius 3 is 2.21 bits per heavy atom. The largest absolute Gasteiger partial charge is 0.269 e. The normalized spacial score (nSPS) is 20.3. The summed E-state index contributed by atoms with van der Waals surface area (Å²) < 4.78 is 0. The van der Waals surface area contributed by atoms with E-state index in [1.165, 1.54) is 16.9 Å². The minimum absolute atomic E-state index is 0.118. The maximum Gasteiger partial charge on any atom is 0.262 e. The number of hydrogen-bond acceptors (Lipinski definition) is 2. The molecule has 0 N–H and O–H groups in total. The number of carbonyl (C=O) groups is 2. The van der Waals surface area contributed by atoms with E-state index in [-0.39, 0.29) is 17.9 Å². The van der Waals surface area contributed by atoms with Gasteiger partial charge in [-0.1, -0.05) is 23.8 Å². The quantitative estimate of drug-likeness (QED) is 0.601. The van der Waals surface area contributed by atoms with Crippen LogP contribution in [0.3, 0.4) is 0 Å². The first kappa shape index (κ1) is 12.2. The highest BCUT2D eigenvalue weighted by Crippen LogP contribution is 2.30. The fourth-order valence-corrected chi connectivity index (χ4v) is 2.97. The number of fused-ring (bicyclic) bond motifs is 1. The molecule has 2 amide bonds. The zero-order chi connectivity index (χ0) is 13.4. The molecule has 1 unspecified atom stereocenters. The molecule has 0 fully saturated rings. The van der Waals surface area contributed by atoms with E-state index in [2.05, 4.69) is 6.08 Å². The highest BCUT2D eigenvalue weighted by Gasteiger charge is 2.39. The molecule has 0 aromatic heterocycles. The van der Waals surface area contributed by atoms with Gasteiger partial charge >= 0.3 is 0 Å². The predicted molar refractivity (Wildman–Crippen MR) is 73.0 cm³/mol. The average Bonchev–Trinajstić information content (AvgIpc) is 2.72. The molecular formula is C16H17NO2. The van der Waals surface area contributed by atoms with Gasteiger partial charge in [0.1, 0.15) is 0 Å². The summed E-state index contributed by atoms with van der Waals surface area (Å²) in [6, 6.07) is 6.96. The molecule has 1 heterocycles. The number of hydrogen-bond donors (Lipinski definition) is 0. The summed E-state index contributed by atoms with van der Waals surface area (Å²) in [6.45, 7) is 1.96. The molecule has 98 valence electrons. The van der Waals surface area contributed by atoms with E-state index in [0.29, 0.717) is 11.1 Å². The van der Waals surface area contributed by atoms with Crippen molar-refractivity contribution in [3.05, 3.63) is 47.0 Å². The second-order valence-corrected chi connectivity index (χ2v) is 5.23. The molecule has 1 atom stereocenters. The van der Waals surface area contributed by atoms with Crippen molar-refractivity contribution in [3.8, 4) is 0 Å². The van der Waals surface area contributed by atoms with Crippen LogP contribution in [0.1, 0.15) is 53.3 Å². The fraction of sp³-hybridized carbons (Fsp3) is 0.375. The van der Waals surface area contributed by atoms with Crippen molar-refractivity contribution >= 4 is 11.8 Å². The first-order chi connectivity index (χ1) is 9.20. The molecule has 1 aromatic rings. The highest BCUT2D eigenvalue weighted by atomic mass is 16.2. The average molecular weight is 255 g/mol. The third-order valence-electron chi connectivity index (χ3n) is 4.08. The zero-order valence-corrected chi connectivity index (χ0v) is 11.1. The summed E-state index contributed by atoms with van der Waals surface area (Å²) in [5.41, 5.74) is 2.30. The van der Waals surface area contributed by atoms with Gasteiger partial charge in [-0.15, -0.1) is 0 Å². The van der Waals surface area contributed by atoms with E-state index < -0.39 is 0 Å². The van der Waals surface area contributed by atoms with Gasteiger partial charge in [0, 0.05) is 0 Å². The first-order valence-electron chi connectivity index (χ1n) is 6.86. The lowest BCUT2D eigenvalue weighted by Gasteiger charge is -2.27. The molecular weight excluding hydrogens is 238 g/mol. The Kier molecular flexibility index (Phi) is 2.97. The molecule has 2 aliphatic rings. The minimum Gasteiger partial charge on any atom is -0.269 e. The zero-order valence-electron chi connectivity index (χ0n) is 11.1. The minimum atomic E-state index is -0.153. The third kappa shape index (κ3) is 1.89. The van der Waals surface area contributed by atoms with Crippen LogP contribution in [-0.2, 0) is 0 Å². The predicted octanol–water partition coefficient (Wildman–Crippen LogP) is 3.17.